The van der Waals surface area contributed by atoms with Gasteiger partial charge in [-0.1, -0.05) is 6.07 Å². The number of thiocarbonyl (C=S) groups is 1. The summed E-state index contributed by atoms with van der Waals surface area (Å²) in [7, 11) is 1.80. The van der Waals surface area contributed by atoms with Gasteiger partial charge < -0.3 is 16.0 Å². The highest BCUT2D eigenvalue weighted by molar-refractivity contribution is 7.80. The molecule has 16 heavy (non-hydrogen) atoms. The fourth-order valence-electron chi connectivity index (χ4n) is 1.81. The van der Waals surface area contributed by atoms with Gasteiger partial charge in [-0.05, 0) is 36.3 Å². The lowest BCUT2D eigenvalue weighted by Gasteiger charge is -2.25. The Kier molecular flexibility index (Phi) is 2.78. The Hall–Kier alpha value is -1.62. The Bertz CT molecular complexity index is 459. The second-order valence-electron chi connectivity index (χ2n) is 3.84. The third kappa shape index (κ3) is 1.99. The molecule has 0 aromatic heterocycles. The van der Waals surface area contributed by atoms with Crippen LogP contribution in [-0.2, 0) is 6.42 Å². The summed E-state index contributed by atoms with van der Waals surface area (Å²) in [4.78, 5) is 13.6. The Morgan fingerprint density at radius 3 is 3.00 bits per heavy atom. The molecule has 0 saturated heterocycles. The number of nitrogens with two attached hydrogens (primary N) is 1. The number of amides is 1. The minimum atomic E-state index is 0.0489. The lowest BCUT2D eigenvalue weighted by atomic mass is 9.99. The van der Waals surface area contributed by atoms with E-state index >= 15 is 0 Å². The van der Waals surface area contributed by atoms with Crippen molar-refractivity contribution in [2.24, 2.45) is 5.73 Å². The number of rotatable bonds is 1. The molecule has 1 amide bonds. The molecule has 1 aromatic rings. The number of likely N-dealkylation sites (N-methyl/N-ethyl adjacent to an activating group) is 1. The van der Waals surface area contributed by atoms with E-state index in [1.54, 1.807) is 18.0 Å². The summed E-state index contributed by atoms with van der Waals surface area (Å²) in [6, 6.07) is 5.63. The van der Waals surface area contributed by atoms with Gasteiger partial charge in [0.25, 0.3) is 5.91 Å². The van der Waals surface area contributed by atoms with Crippen LogP contribution >= 0.6 is 12.2 Å². The van der Waals surface area contributed by atoms with Crippen molar-refractivity contribution in [2.75, 3.05) is 18.9 Å². The number of carbonyl (C=O) groups excluding carboxylic acids is 1. The van der Waals surface area contributed by atoms with Crippen molar-refractivity contribution < 1.29 is 4.79 Å². The topological polar surface area (TPSA) is 58.4 Å². The van der Waals surface area contributed by atoms with Crippen LogP contribution in [0.4, 0.5) is 5.69 Å². The number of hydrogen-bond acceptors (Lipinski definition) is 2. The van der Waals surface area contributed by atoms with E-state index in [-0.39, 0.29) is 11.0 Å². The molecule has 4 nitrogen and oxygen atoms in total. The highest BCUT2D eigenvalue weighted by Gasteiger charge is 2.21. The summed E-state index contributed by atoms with van der Waals surface area (Å²) in [6.07, 6.45) is 0.894. The summed E-state index contributed by atoms with van der Waals surface area (Å²) >= 11 is 4.76. The molecular weight excluding hydrogens is 222 g/mol. The lowest BCUT2D eigenvalue weighted by molar-refractivity contribution is 0.0781. The number of nitrogens with zero attached hydrogens (tertiary/aromatic N) is 1. The van der Waals surface area contributed by atoms with Crippen LogP contribution in [0.3, 0.4) is 0 Å². The van der Waals surface area contributed by atoms with Gasteiger partial charge in [-0.3, -0.25) is 4.79 Å². The second-order valence-corrected chi connectivity index (χ2v) is 4.28. The summed E-state index contributed by atoms with van der Waals surface area (Å²) in [5.41, 5.74) is 7.96. The van der Waals surface area contributed by atoms with Crippen LogP contribution in [0.15, 0.2) is 18.2 Å². The largest absolute Gasteiger partial charge is 0.376 e. The smallest absolute Gasteiger partial charge is 0.253 e. The molecule has 0 fully saturated rings. The van der Waals surface area contributed by atoms with E-state index in [1.165, 1.54) is 0 Å². The number of benzene rings is 1. The van der Waals surface area contributed by atoms with Crippen molar-refractivity contribution in [2.45, 2.75) is 6.42 Å². The number of fused-ring (bicyclic) bond motifs is 1. The van der Waals surface area contributed by atoms with E-state index in [9.17, 15) is 4.79 Å². The van der Waals surface area contributed by atoms with E-state index < -0.39 is 0 Å². The van der Waals surface area contributed by atoms with Crippen molar-refractivity contribution in [3.05, 3.63) is 29.3 Å². The molecule has 1 aliphatic heterocycles. The number of hydrogen-bond donors (Lipinski definition) is 2. The van der Waals surface area contributed by atoms with Gasteiger partial charge in [-0.2, -0.15) is 0 Å². The van der Waals surface area contributed by atoms with Crippen LogP contribution in [0.25, 0.3) is 0 Å². The number of carbonyl (C=O) groups is 1. The first-order chi connectivity index (χ1) is 7.58. The van der Waals surface area contributed by atoms with Crippen molar-refractivity contribution in [3.63, 3.8) is 0 Å². The molecule has 2 rings (SSSR count). The quantitative estimate of drug-likeness (QED) is 0.712. The molecule has 1 aromatic carbocycles. The third-order valence-corrected chi connectivity index (χ3v) is 2.77. The normalized spacial score (nSPS) is 14.6. The molecule has 0 unspecified atom stereocenters. The minimum absolute atomic E-state index is 0.0489. The van der Waals surface area contributed by atoms with Gasteiger partial charge in [0, 0.05) is 24.8 Å². The average molecular weight is 235 g/mol. The Labute approximate surface area is 99.4 Å². The van der Waals surface area contributed by atoms with E-state index in [2.05, 4.69) is 5.32 Å². The van der Waals surface area contributed by atoms with E-state index in [4.69, 9.17) is 18.0 Å². The van der Waals surface area contributed by atoms with Crippen LogP contribution in [0.2, 0.25) is 0 Å². The van der Waals surface area contributed by atoms with Gasteiger partial charge in [0.05, 0.1) is 0 Å². The Morgan fingerprint density at radius 1 is 1.56 bits per heavy atom. The fraction of sp³-hybridized carbons (Fsp3) is 0.273. The standard InChI is InChI=1S/C11H13N3OS/c1-14-5-4-7-2-3-8(13-11(12)16)6-9(7)10(14)15/h2-3,6H,4-5H2,1H3,(H3,12,13,16). The maximum absolute atomic E-state index is 11.9. The maximum atomic E-state index is 11.9. The highest BCUT2D eigenvalue weighted by Crippen LogP contribution is 2.21. The molecule has 3 N–H and O–H groups in total. The molecule has 84 valence electrons. The van der Waals surface area contributed by atoms with E-state index in [1.807, 2.05) is 12.1 Å². The average Bonchev–Trinajstić information content (AvgIpc) is 2.23. The van der Waals surface area contributed by atoms with Crippen LogP contribution in [0, 0.1) is 0 Å². The van der Waals surface area contributed by atoms with Crippen LogP contribution in [0.5, 0.6) is 0 Å². The fourth-order valence-corrected chi connectivity index (χ4v) is 1.93. The van der Waals surface area contributed by atoms with Gasteiger partial charge in [0.2, 0.25) is 0 Å². The van der Waals surface area contributed by atoms with Crippen LogP contribution < -0.4 is 11.1 Å². The molecule has 0 saturated carbocycles. The maximum Gasteiger partial charge on any atom is 0.253 e. The van der Waals surface area contributed by atoms with Crippen molar-refractivity contribution in [1.82, 2.24) is 4.90 Å². The number of nitrogens with one attached hydrogen (secondary N) is 1. The Balaban J connectivity index is 2.36. The zero-order valence-corrected chi connectivity index (χ0v) is 9.80. The summed E-state index contributed by atoms with van der Waals surface area (Å²) in [5.74, 6) is 0.0489. The molecule has 0 bridgehead atoms. The minimum Gasteiger partial charge on any atom is -0.376 e. The molecule has 5 heteroatoms. The highest BCUT2D eigenvalue weighted by atomic mass is 32.1. The van der Waals surface area contributed by atoms with E-state index in [0.717, 1.165) is 29.8 Å². The SMILES string of the molecule is CN1CCc2ccc(NC(N)=S)cc2C1=O. The first-order valence-electron chi connectivity index (χ1n) is 5.03. The first-order valence-corrected chi connectivity index (χ1v) is 5.43. The third-order valence-electron chi connectivity index (χ3n) is 2.67. The van der Waals surface area contributed by atoms with Crippen molar-refractivity contribution >= 4 is 28.9 Å². The molecule has 1 aliphatic rings. The summed E-state index contributed by atoms with van der Waals surface area (Å²) in [6.45, 7) is 0.772. The van der Waals surface area contributed by atoms with Gasteiger partial charge >= 0.3 is 0 Å². The Morgan fingerprint density at radius 2 is 2.31 bits per heavy atom. The van der Waals surface area contributed by atoms with Crippen molar-refractivity contribution in [1.29, 1.82) is 0 Å². The van der Waals surface area contributed by atoms with Crippen LogP contribution in [-0.4, -0.2) is 29.5 Å². The van der Waals surface area contributed by atoms with Gasteiger partial charge in [-0.25, -0.2) is 0 Å². The number of anilines is 1. The molecule has 1 heterocycles. The summed E-state index contributed by atoms with van der Waals surface area (Å²) in [5, 5.41) is 3.03. The van der Waals surface area contributed by atoms with Gasteiger partial charge in [0.1, 0.15) is 0 Å². The second kappa shape index (κ2) is 4.09. The monoisotopic (exact) mass is 235 g/mol. The predicted octanol–water partition coefficient (Wildman–Crippen LogP) is 0.970. The first kappa shape index (κ1) is 10.9. The predicted molar refractivity (Wildman–Crippen MR) is 67.5 cm³/mol. The lowest BCUT2D eigenvalue weighted by Crippen LogP contribution is -2.34. The zero-order chi connectivity index (χ0) is 11.7. The van der Waals surface area contributed by atoms with Crippen LogP contribution in [0.1, 0.15) is 15.9 Å². The molecule has 0 aliphatic carbocycles. The van der Waals surface area contributed by atoms with Gasteiger partial charge in [0.15, 0.2) is 5.11 Å². The molecule has 0 spiro atoms. The summed E-state index contributed by atoms with van der Waals surface area (Å²) < 4.78 is 0. The zero-order valence-electron chi connectivity index (χ0n) is 8.99. The molecule has 0 atom stereocenters. The molecule has 0 radical (unpaired) electrons. The van der Waals surface area contributed by atoms with Gasteiger partial charge in [-0.15, -0.1) is 0 Å². The van der Waals surface area contributed by atoms with Crippen molar-refractivity contribution in [3.8, 4) is 0 Å². The van der Waals surface area contributed by atoms with E-state index in [0.29, 0.717) is 0 Å². The molecular formula is C11H13N3OS.